The van der Waals surface area contributed by atoms with Crippen molar-refractivity contribution in [1.29, 1.82) is 0 Å². The van der Waals surface area contributed by atoms with Crippen molar-refractivity contribution in [1.82, 2.24) is 19.8 Å². The van der Waals surface area contributed by atoms with E-state index in [-0.39, 0.29) is 30.4 Å². The number of amides is 2. The van der Waals surface area contributed by atoms with Crippen LogP contribution in [0.1, 0.15) is 66.5 Å². The first kappa shape index (κ1) is 32.8. The number of likely N-dealkylation sites (tertiary alicyclic amines) is 1. The molecule has 1 aliphatic heterocycles. The van der Waals surface area contributed by atoms with Crippen LogP contribution in [0.5, 0.6) is 0 Å². The summed E-state index contributed by atoms with van der Waals surface area (Å²) >= 11 is 1.41. The van der Waals surface area contributed by atoms with E-state index in [2.05, 4.69) is 22.0 Å². The third-order valence-corrected chi connectivity index (χ3v) is 9.54. The molecule has 2 aromatic heterocycles. The van der Waals surface area contributed by atoms with Crippen LogP contribution >= 0.6 is 11.3 Å². The highest BCUT2D eigenvalue weighted by atomic mass is 32.1. The summed E-state index contributed by atoms with van der Waals surface area (Å²) in [6, 6.07) is 19.8. The highest BCUT2D eigenvalue weighted by Gasteiger charge is 2.29. The van der Waals surface area contributed by atoms with E-state index in [0.717, 1.165) is 65.2 Å². The first-order valence-corrected chi connectivity index (χ1v) is 16.6. The monoisotopic (exact) mass is 631 g/mol. The van der Waals surface area contributed by atoms with E-state index in [4.69, 9.17) is 15.5 Å². The molecule has 0 saturated carbocycles. The number of benzene rings is 2. The van der Waals surface area contributed by atoms with Gasteiger partial charge in [0.05, 0.1) is 28.1 Å². The molecule has 0 bridgehead atoms. The van der Waals surface area contributed by atoms with Crippen molar-refractivity contribution in [3.8, 4) is 10.4 Å². The van der Waals surface area contributed by atoms with Gasteiger partial charge in [0.2, 0.25) is 5.91 Å². The van der Waals surface area contributed by atoms with Crippen LogP contribution in [0, 0.1) is 0 Å². The number of carbonyl (C=O) groups excluding carboxylic acids is 2. The lowest BCUT2D eigenvalue weighted by Crippen LogP contribution is -2.46. The zero-order chi connectivity index (χ0) is 32.0. The van der Waals surface area contributed by atoms with Gasteiger partial charge >= 0.3 is 0 Å². The second-order valence-electron chi connectivity index (χ2n) is 12.7. The van der Waals surface area contributed by atoms with Gasteiger partial charge < -0.3 is 30.4 Å². The van der Waals surface area contributed by atoms with Crippen LogP contribution in [0.3, 0.4) is 0 Å². The number of ether oxygens (including phenoxy) is 1. The van der Waals surface area contributed by atoms with E-state index in [1.54, 1.807) is 27.0 Å². The fourth-order valence-corrected chi connectivity index (χ4v) is 6.89. The summed E-state index contributed by atoms with van der Waals surface area (Å²) in [6.45, 7) is 6.37. The lowest BCUT2D eigenvalue weighted by atomic mass is 9.96. The Labute approximate surface area is 269 Å². The zero-order valence-corrected chi connectivity index (χ0v) is 27.3. The van der Waals surface area contributed by atoms with Crippen LogP contribution in [0.25, 0.3) is 21.5 Å². The summed E-state index contributed by atoms with van der Waals surface area (Å²) < 4.78 is 7.61. The lowest BCUT2D eigenvalue weighted by Gasteiger charge is -2.33. The second kappa shape index (κ2) is 14.7. The standard InChI is InChI=1S/C35H45N5O4S/c1-35(2,23-41)38-34(43)31-16-15-30(45-31)25-13-11-24(12-14-25)20-27(36)21-32(42)39-17-6-8-26(22-39)33-37-28-9-4-5-10-29(28)40(33)18-7-19-44-3/h4-5,9-16,26-27,41H,6-8,17-23,36H2,1-3H3,(H,38,43). The number of aliphatic hydroxyl groups excluding tert-OH is 1. The number of aliphatic hydroxyl groups is 1. The minimum Gasteiger partial charge on any atom is -0.394 e. The molecular weight excluding hydrogens is 586 g/mol. The number of thiophene rings is 1. The SMILES string of the molecule is COCCCn1c(C2CCCN(C(=O)CC(N)Cc3ccc(-c4ccc(C(=O)NC(C)(C)CO)s4)cc3)C2)nc2ccccc21. The first-order valence-electron chi connectivity index (χ1n) is 15.8. The number of carbonyl (C=O) groups is 2. The molecule has 3 heterocycles. The van der Waals surface area contributed by atoms with Crippen molar-refractivity contribution in [2.24, 2.45) is 5.73 Å². The molecule has 45 heavy (non-hydrogen) atoms. The van der Waals surface area contributed by atoms with Gasteiger partial charge in [-0.2, -0.15) is 0 Å². The normalized spacial score (nSPS) is 16.2. The largest absolute Gasteiger partial charge is 0.394 e. The predicted molar refractivity (Wildman–Crippen MR) is 179 cm³/mol. The van der Waals surface area contributed by atoms with Gasteiger partial charge in [0.1, 0.15) is 5.82 Å². The highest BCUT2D eigenvalue weighted by molar-refractivity contribution is 7.17. The molecule has 4 aromatic rings. The van der Waals surface area contributed by atoms with E-state index >= 15 is 0 Å². The molecule has 2 amide bonds. The number of hydrogen-bond acceptors (Lipinski definition) is 7. The number of aromatic nitrogens is 2. The van der Waals surface area contributed by atoms with E-state index in [1.165, 1.54) is 11.3 Å². The number of hydrogen-bond donors (Lipinski definition) is 3. The molecule has 2 aromatic carbocycles. The minimum atomic E-state index is -0.679. The number of nitrogens with two attached hydrogens (primary N) is 1. The topological polar surface area (TPSA) is 123 Å². The van der Waals surface area contributed by atoms with Crippen LogP contribution in [0.15, 0.2) is 60.7 Å². The predicted octanol–water partition coefficient (Wildman–Crippen LogP) is 4.97. The summed E-state index contributed by atoms with van der Waals surface area (Å²) in [5.41, 5.74) is 10.0. The fourth-order valence-electron chi connectivity index (χ4n) is 5.98. The molecule has 0 radical (unpaired) electrons. The molecule has 9 nitrogen and oxygen atoms in total. The molecule has 240 valence electrons. The maximum Gasteiger partial charge on any atom is 0.261 e. The maximum absolute atomic E-state index is 13.4. The molecule has 10 heteroatoms. The molecule has 0 aliphatic carbocycles. The molecule has 2 atom stereocenters. The fraction of sp³-hybridized carbons (Fsp3) is 0.457. The van der Waals surface area contributed by atoms with Crippen molar-refractivity contribution in [3.05, 3.63) is 76.9 Å². The number of methoxy groups -OCH3 is 1. The van der Waals surface area contributed by atoms with E-state index in [0.29, 0.717) is 30.9 Å². The van der Waals surface area contributed by atoms with Crippen LogP contribution in [0.4, 0.5) is 0 Å². The van der Waals surface area contributed by atoms with Gasteiger partial charge in [-0.25, -0.2) is 4.98 Å². The number of imidazole rings is 1. The summed E-state index contributed by atoms with van der Waals surface area (Å²) in [7, 11) is 1.73. The van der Waals surface area contributed by atoms with Gasteiger partial charge in [0.25, 0.3) is 5.91 Å². The number of fused-ring (bicyclic) bond motifs is 1. The van der Waals surface area contributed by atoms with Gasteiger partial charge in [-0.1, -0.05) is 36.4 Å². The van der Waals surface area contributed by atoms with Crippen molar-refractivity contribution in [3.63, 3.8) is 0 Å². The van der Waals surface area contributed by atoms with E-state index in [1.807, 2.05) is 47.4 Å². The quantitative estimate of drug-likeness (QED) is 0.179. The molecule has 1 fully saturated rings. The summed E-state index contributed by atoms with van der Waals surface area (Å²) in [5, 5.41) is 12.3. The van der Waals surface area contributed by atoms with Crippen molar-refractivity contribution >= 4 is 34.2 Å². The van der Waals surface area contributed by atoms with Crippen LogP contribution in [-0.4, -0.2) is 76.4 Å². The number of nitrogens with one attached hydrogen (secondary N) is 1. The van der Waals surface area contributed by atoms with Gasteiger partial charge in [0, 0.05) is 56.6 Å². The number of piperidine rings is 1. The molecule has 1 aliphatic rings. The summed E-state index contributed by atoms with van der Waals surface area (Å²) in [4.78, 5) is 34.5. The minimum absolute atomic E-state index is 0.0969. The van der Waals surface area contributed by atoms with Gasteiger partial charge in [-0.3, -0.25) is 9.59 Å². The van der Waals surface area contributed by atoms with Crippen LogP contribution in [0.2, 0.25) is 0 Å². The second-order valence-corrected chi connectivity index (χ2v) is 13.7. The molecule has 0 spiro atoms. The number of rotatable bonds is 13. The summed E-state index contributed by atoms with van der Waals surface area (Å²) in [6.07, 6.45) is 3.76. The van der Waals surface area contributed by atoms with Crippen molar-refractivity contribution in [2.75, 3.05) is 33.4 Å². The third kappa shape index (κ3) is 8.18. The van der Waals surface area contributed by atoms with Crippen LogP contribution < -0.4 is 11.1 Å². The Morgan fingerprint density at radius 3 is 2.69 bits per heavy atom. The Morgan fingerprint density at radius 1 is 1.16 bits per heavy atom. The summed E-state index contributed by atoms with van der Waals surface area (Å²) in [5.74, 6) is 1.14. The lowest BCUT2D eigenvalue weighted by molar-refractivity contribution is -0.132. The average molecular weight is 632 g/mol. The first-order chi connectivity index (χ1) is 21.7. The van der Waals surface area contributed by atoms with Crippen molar-refractivity contribution < 1.29 is 19.4 Å². The van der Waals surface area contributed by atoms with E-state index < -0.39 is 5.54 Å². The third-order valence-electron chi connectivity index (χ3n) is 8.40. The van der Waals surface area contributed by atoms with Crippen LogP contribution in [-0.2, 0) is 22.5 Å². The maximum atomic E-state index is 13.4. The zero-order valence-electron chi connectivity index (χ0n) is 26.5. The Kier molecular flexibility index (Phi) is 10.7. The number of para-hydroxylation sites is 2. The molecule has 5 rings (SSSR count). The molecular formula is C35H45N5O4S. The Bertz CT molecular complexity index is 1600. The Morgan fingerprint density at radius 2 is 1.93 bits per heavy atom. The highest BCUT2D eigenvalue weighted by Crippen LogP contribution is 2.31. The number of aryl methyl sites for hydroxylation is 1. The average Bonchev–Trinajstić information content (AvgIpc) is 3.67. The Balaban J connectivity index is 1.17. The smallest absolute Gasteiger partial charge is 0.261 e. The Hall–Kier alpha value is -3.57. The number of nitrogens with zero attached hydrogens (tertiary/aromatic N) is 3. The molecule has 4 N–H and O–H groups in total. The van der Waals surface area contributed by atoms with Gasteiger partial charge in [-0.15, -0.1) is 11.3 Å². The van der Waals surface area contributed by atoms with Gasteiger partial charge in [0.15, 0.2) is 0 Å². The van der Waals surface area contributed by atoms with E-state index in [9.17, 15) is 14.7 Å². The molecule has 2 unspecified atom stereocenters. The van der Waals surface area contributed by atoms with Gasteiger partial charge in [-0.05, 0) is 74.9 Å². The molecule has 1 saturated heterocycles. The van der Waals surface area contributed by atoms with Crippen molar-refractivity contribution in [2.45, 2.75) is 70.0 Å².